The third kappa shape index (κ3) is 2.72. The minimum Gasteiger partial charge on any atom is -0.298 e. The molecule has 2 aromatic heterocycles. The fourth-order valence-electron chi connectivity index (χ4n) is 2.79. The number of rotatable bonds is 4. The van der Waals surface area contributed by atoms with Crippen LogP contribution in [0.25, 0.3) is 0 Å². The van der Waals surface area contributed by atoms with Crippen LogP contribution in [0, 0.1) is 0 Å². The van der Waals surface area contributed by atoms with Crippen LogP contribution in [-0.2, 0) is 10.3 Å². The Bertz CT molecular complexity index is 631. The molecular formula is C13H19N7OS. The van der Waals surface area contributed by atoms with Crippen LogP contribution in [0.15, 0.2) is 6.33 Å². The molecule has 0 unspecified atom stereocenters. The molecule has 2 aromatic rings. The third-order valence-corrected chi connectivity index (χ3v) is 5.19. The zero-order chi connectivity index (χ0) is 15.6. The molecule has 1 aliphatic carbocycles. The summed E-state index contributed by atoms with van der Waals surface area (Å²) in [6, 6.07) is 0. The maximum atomic E-state index is 12.9. The summed E-state index contributed by atoms with van der Waals surface area (Å²) in [7, 11) is 0. The van der Waals surface area contributed by atoms with Crippen molar-refractivity contribution in [2.45, 2.75) is 57.4 Å². The first kappa shape index (κ1) is 15.0. The van der Waals surface area contributed by atoms with Crippen LogP contribution < -0.4 is 5.32 Å². The van der Waals surface area contributed by atoms with Crippen molar-refractivity contribution in [3.8, 4) is 0 Å². The minimum absolute atomic E-state index is 0.106. The summed E-state index contributed by atoms with van der Waals surface area (Å²) in [5.41, 5.74) is -0.717. The van der Waals surface area contributed by atoms with Gasteiger partial charge in [0, 0.05) is 5.92 Å². The van der Waals surface area contributed by atoms with Gasteiger partial charge in [0.2, 0.25) is 5.13 Å². The average molecular weight is 321 g/mol. The first-order valence-electron chi connectivity index (χ1n) is 7.50. The second kappa shape index (κ2) is 6.07. The van der Waals surface area contributed by atoms with Gasteiger partial charge in [-0.3, -0.25) is 10.1 Å². The van der Waals surface area contributed by atoms with Crippen LogP contribution in [0.2, 0.25) is 0 Å². The first-order chi connectivity index (χ1) is 10.6. The van der Waals surface area contributed by atoms with Crippen LogP contribution in [0.4, 0.5) is 5.13 Å². The molecule has 1 N–H and O–H groups in total. The van der Waals surface area contributed by atoms with Gasteiger partial charge in [0.1, 0.15) is 16.9 Å². The monoisotopic (exact) mass is 321 g/mol. The lowest BCUT2D eigenvalue weighted by atomic mass is 9.81. The van der Waals surface area contributed by atoms with E-state index in [1.807, 2.05) is 0 Å². The van der Waals surface area contributed by atoms with Crippen molar-refractivity contribution in [1.82, 2.24) is 30.4 Å². The van der Waals surface area contributed by atoms with Crippen molar-refractivity contribution in [1.29, 1.82) is 0 Å². The number of amides is 1. The van der Waals surface area contributed by atoms with E-state index >= 15 is 0 Å². The van der Waals surface area contributed by atoms with E-state index in [-0.39, 0.29) is 5.91 Å². The molecule has 0 atom stereocenters. The molecule has 0 bridgehead atoms. The highest BCUT2D eigenvalue weighted by Crippen LogP contribution is 2.35. The summed E-state index contributed by atoms with van der Waals surface area (Å²) in [6.07, 6.45) is 6.10. The smallest absolute Gasteiger partial charge is 0.254 e. The Kier molecular flexibility index (Phi) is 4.14. The lowest BCUT2D eigenvalue weighted by Gasteiger charge is -2.34. The Balaban J connectivity index is 1.83. The number of nitrogens with one attached hydrogen (secondary N) is 1. The zero-order valence-electron chi connectivity index (χ0n) is 12.7. The topological polar surface area (TPSA) is 98.5 Å². The summed E-state index contributed by atoms with van der Waals surface area (Å²) in [4.78, 5) is 12.9. The van der Waals surface area contributed by atoms with E-state index in [1.54, 1.807) is 4.68 Å². The third-order valence-electron chi connectivity index (χ3n) is 4.05. The molecule has 1 aliphatic rings. The fourth-order valence-corrected chi connectivity index (χ4v) is 3.53. The highest BCUT2D eigenvalue weighted by Gasteiger charge is 2.43. The van der Waals surface area contributed by atoms with Gasteiger partial charge >= 0.3 is 0 Å². The molecule has 22 heavy (non-hydrogen) atoms. The highest BCUT2D eigenvalue weighted by atomic mass is 32.1. The zero-order valence-corrected chi connectivity index (χ0v) is 13.5. The molecule has 0 saturated heterocycles. The number of aromatic nitrogens is 6. The predicted octanol–water partition coefficient (Wildman–Crippen LogP) is 1.95. The number of anilines is 1. The van der Waals surface area contributed by atoms with Gasteiger partial charge in [0.05, 0.1) is 0 Å². The number of hydrogen-bond donors (Lipinski definition) is 1. The molecule has 1 amide bonds. The number of tetrazole rings is 1. The minimum atomic E-state index is -0.717. The van der Waals surface area contributed by atoms with Crippen LogP contribution in [0.3, 0.4) is 0 Å². The van der Waals surface area contributed by atoms with E-state index in [2.05, 4.69) is 44.9 Å². The SMILES string of the molecule is CC(C)c1nnc(NC(=O)C2(n3cnnn3)CCCCC2)s1. The van der Waals surface area contributed by atoms with Gasteiger partial charge in [0.25, 0.3) is 5.91 Å². The largest absolute Gasteiger partial charge is 0.298 e. The molecule has 3 rings (SSSR count). The van der Waals surface area contributed by atoms with Gasteiger partial charge in [-0.15, -0.1) is 15.3 Å². The molecule has 118 valence electrons. The molecule has 1 saturated carbocycles. The van der Waals surface area contributed by atoms with E-state index in [0.29, 0.717) is 11.0 Å². The van der Waals surface area contributed by atoms with Gasteiger partial charge < -0.3 is 0 Å². The summed E-state index contributed by atoms with van der Waals surface area (Å²) in [5.74, 6) is 0.192. The van der Waals surface area contributed by atoms with Crippen LogP contribution in [0.5, 0.6) is 0 Å². The molecule has 2 heterocycles. The number of carbonyl (C=O) groups excluding carboxylic acids is 1. The van der Waals surface area contributed by atoms with E-state index in [9.17, 15) is 4.79 Å². The summed E-state index contributed by atoms with van der Waals surface area (Å²) < 4.78 is 1.59. The molecule has 0 radical (unpaired) electrons. The van der Waals surface area contributed by atoms with E-state index < -0.39 is 5.54 Å². The van der Waals surface area contributed by atoms with E-state index in [4.69, 9.17) is 0 Å². The van der Waals surface area contributed by atoms with Gasteiger partial charge in [-0.1, -0.05) is 44.4 Å². The summed E-state index contributed by atoms with van der Waals surface area (Å²) in [6.45, 7) is 4.10. The van der Waals surface area contributed by atoms with Gasteiger partial charge in [-0.05, 0) is 23.3 Å². The van der Waals surface area contributed by atoms with Crippen molar-refractivity contribution in [2.75, 3.05) is 5.32 Å². The van der Waals surface area contributed by atoms with Crippen molar-refractivity contribution in [2.24, 2.45) is 0 Å². The molecule has 8 nitrogen and oxygen atoms in total. The molecule has 0 aromatic carbocycles. The van der Waals surface area contributed by atoms with Crippen LogP contribution >= 0.6 is 11.3 Å². The fraction of sp³-hybridized carbons (Fsp3) is 0.692. The van der Waals surface area contributed by atoms with Crippen molar-refractivity contribution in [3.63, 3.8) is 0 Å². The predicted molar refractivity (Wildman–Crippen MR) is 81.5 cm³/mol. The van der Waals surface area contributed by atoms with E-state index in [1.165, 1.54) is 17.7 Å². The Morgan fingerprint density at radius 3 is 2.68 bits per heavy atom. The van der Waals surface area contributed by atoms with Crippen molar-refractivity contribution < 1.29 is 4.79 Å². The number of hydrogen-bond acceptors (Lipinski definition) is 7. The van der Waals surface area contributed by atoms with Crippen LogP contribution in [0.1, 0.15) is 56.9 Å². The standard InChI is InChI=1S/C13H19N7OS/c1-9(2)10-16-17-12(22-10)15-11(21)13(6-4-3-5-7-13)20-8-14-18-19-20/h8-9H,3-7H2,1-2H3,(H,15,17,21). The average Bonchev–Trinajstić information content (AvgIpc) is 3.19. The lowest BCUT2D eigenvalue weighted by Crippen LogP contribution is -2.47. The Hall–Kier alpha value is -1.90. The number of nitrogens with zero attached hydrogens (tertiary/aromatic N) is 6. The molecular weight excluding hydrogens is 302 g/mol. The molecule has 0 aliphatic heterocycles. The van der Waals surface area contributed by atoms with Crippen molar-refractivity contribution in [3.05, 3.63) is 11.3 Å². The summed E-state index contributed by atoms with van der Waals surface area (Å²) >= 11 is 1.41. The molecule has 9 heteroatoms. The quantitative estimate of drug-likeness (QED) is 0.924. The highest BCUT2D eigenvalue weighted by molar-refractivity contribution is 7.15. The second-order valence-electron chi connectivity index (χ2n) is 5.90. The summed E-state index contributed by atoms with van der Waals surface area (Å²) in [5, 5.41) is 23.9. The number of carbonyl (C=O) groups is 1. The Morgan fingerprint density at radius 2 is 2.09 bits per heavy atom. The van der Waals surface area contributed by atoms with Crippen molar-refractivity contribution >= 4 is 22.4 Å². The first-order valence-corrected chi connectivity index (χ1v) is 8.32. The van der Waals surface area contributed by atoms with Gasteiger partial charge in [-0.2, -0.15) is 0 Å². The maximum absolute atomic E-state index is 12.9. The van der Waals surface area contributed by atoms with Crippen LogP contribution in [-0.4, -0.2) is 36.3 Å². The van der Waals surface area contributed by atoms with Gasteiger partial charge in [0.15, 0.2) is 0 Å². The van der Waals surface area contributed by atoms with E-state index in [0.717, 1.165) is 37.1 Å². The Labute approximate surface area is 132 Å². The molecule has 1 fully saturated rings. The van der Waals surface area contributed by atoms with Gasteiger partial charge in [-0.25, -0.2) is 4.68 Å². The maximum Gasteiger partial charge on any atom is 0.254 e. The normalized spacial score (nSPS) is 17.6. The molecule has 0 spiro atoms. The lowest BCUT2D eigenvalue weighted by molar-refractivity contribution is -0.126. The Morgan fingerprint density at radius 1 is 1.32 bits per heavy atom. The second-order valence-corrected chi connectivity index (χ2v) is 6.91.